The summed E-state index contributed by atoms with van der Waals surface area (Å²) < 4.78 is 5.18. The van der Waals surface area contributed by atoms with Crippen molar-refractivity contribution in [3.05, 3.63) is 29.8 Å². The van der Waals surface area contributed by atoms with E-state index in [0.717, 1.165) is 0 Å². The Bertz CT molecular complexity index is 427. The molecule has 0 saturated carbocycles. The van der Waals surface area contributed by atoms with Crippen molar-refractivity contribution in [3.63, 3.8) is 0 Å². The molecule has 0 aromatic heterocycles. The van der Waals surface area contributed by atoms with Gasteiger partial charge in [0.2, 0.25) is 0 Å². The van der Waals surface area contributed by atoms with Crippen molar-refractivity contribution in [1.29, 1.82) is 0 Å². The van der Waals surface area contributed by atoms with Gasteiger partial charge in [0.15, 0.2) is 0 Å². The van der Waals surface area contributed by atoms with Gasteiger partial charge in [-0.15, -0.1) is 0 Å². The van der Waals surface area contributed by atoms with Crippen molar-refractivity contribution in [2.75, 3.05) is 11.9 Å². The van der Waals surface area contributed by atoms with Gasteiger partial charge in [0, 0.05) is 11.3 Å². The van der Waals surface area contributed by atoms with Gasteiger partial charge in [0.1, 0.15) is 5.60 Å². The number of nitrogens with two attached hydrogens (primary N) is 1. The van der Waals surface area contributed by atoms with Gasteiger partial charge >= 0.3 is 6.09 Å². The fourth-order valence-corrected chi connectivity index (χ4v) is 1.63. The Kier molecular flexibility index (Phi) is 5.32. The highest BCUT2D eigenvalue weighted by Gasteiger charge is 2.18. The number of aliphatic hydroxyl groups excluding tert-OH is 1. The monoisotopic (exact) mass is 266 g/mol. The van der Waals surface area contributed by atoms with Crippen LogP contribution in [0.1, 0.15) is 38.9 Å². The molecule has 19 heavy (non-hydrogen) atoms. The Morgan fingerprint density at radius 3 is 2.63 bits per heavy atom. The van der Waals surface area contributed by atoms with Crippen LogP contribution in [0.3, 0.4) is 0 Å². The Hall–Kier alpha value is -1.59. The third kappa shape index (κ3) is 5.28. The number of nitrogens with one attached hydrogen (secondary N) is 1. The predicted molar refractivity (Wildman–Crippen MR) is 74.9 cm³/mol. The Balaban J connectivity index is 2.81. The van der Waals surface area contributed by atoms with Gasteiger partial charge in [-0.05, 0) is 39.8 Å². The van der Waals surface area contributed by atoms with Crippen LogP contribution in [-0.4, -0.2) is 23.3 Å². The molecule has 0 spiro atoms. The lowest BCUT2D eigenvalue weighted by molar-refractivity contribution is 0.0635. The van der Waals surface area contributed by atoms with E-state index in [2.05, 4.69) is 5.32 Å². The zero-order valence-electron chi connectivity index (χ0n) is 11.6. The van der Waals surface area contributed by atoms with Crippen molar-refractivity contribution in [2.45, 2.75) is 38.9 Å². The van der Waals surface area contributed by atoms with Crippen LogP contribution >= 0.6 is 0 Å². The van der Waals surface area contributed by atoms with Crippen LogP contribution in [-0.2, 0) is 4.74 Å². The summed E-state index contributed by atoms with van der Waals surface area (Å²) in [5.41, 5.74) is 6.05. The van der Waals surface area contributed by atoms with Crippen molar-refractivity contribution < 1.29 is 14.6 Å². The van der Waals surface area contributed by atoms with Crippen LogP contribution in [0, 0.1) is 0 Å². The first-order valence-corrected chi connectivity index (χ1v) is 6.30. The molecule has 1 rings (SSSR count). The molecule has 0 bridgehead atoms. The molecule has 0 fully saturated rings. The second-order valence-electron chi connectivity index (χ2n) is 5.31. The number of anilines is 1. The summed E-state index contributed by atoms with van der Waals surface area (Å²) in [5.74, 6) is 0. The zero-order valence-corrected chi connectivity index (χ0v) is 11.6. The van der Waals surface area contributed by atoms with Gasteiger partial charge in [0.25, 0.3) is 0 Å². The topological polar surface area (TPSA) is 84.6 Å². The lowest BCUT2D eigenvalue weighted by Crippen LogP contribution is -2.27. The van der Waals surface area contributed by atoms with Gasteiger partial charge in [-0.2, -0.15) is 0 Å². The van der Waals surface area contributed by atoms with E-state index in [-0.39, 0.29) is 0 Å². The number of carbonyl (C=O) groups excluding carboxylic acids is 1. The van der Waals surface area contributed by atoms with Crippen molar-refractivity contribution in [2.24, 2.45) is 5.73 Å². The largest absolute Gasteiger partial charge is 0.444 e. The molecule has 0 aliphatic rings. The van der Waals surface area contributed by atoms with E-state index in [1.165, 1.54) is 0 Å². The SMILES string of the molecule is CC(C)(C)OC(=O)Nc1ccccc1[C@H](O)CCN. The maximum Gasteiger partial charge on any atom is 0.412 e. The highest BCUT2D eigenvalue weighted by Crippen LogP contribution is 2.25. The fourth-order valence-electron chi connectivity index (χ4n) is 1.63. The fraction of sp³-hybridized carbons (Fsp3) is 0.500. The van der Waals surface area contributed by atoms with Crippen LogP contribution in [0.15, 0.2) is 24.3 Å². The number of carbonyl (C=O) groups is 1. The second-order valence-corrected chi connectivity index (χ2v) is 5.31. The normalized spacial score (nSPS) is 12.9. The number of hydrogen-bond donors (Lipinski definition) is 3. The average molecular weight is 266 g/mol. The standard InChI is InChI=1S/C14H22N2O3/c1-14(2,3)19-13(18)16-11-7-5-4-6-10(11)12(17)8-9-15/h4-7,12,17H,8-9,15H2,1-3H3,(H,16,18)/t12-/m1/s1. The Labute approximate surface area is 113 Å². The quantitative estimate of drug-likeness (QED) is 0.781. The third-order valence-corrected chi connectivity index (χ3v) is 2.40. The Morgan fingerprint density at radius 2 is 2.05 bits per heavy atom. The molecule has 5 heteroatoms. The molecular weight excluding hydrogens is 244 g/mol. The van der Waals surface area contributed by atoms with Crippen LogP contribution in [0.5, 0.6) is 0 Å². The summed E-state index contributed by atoms with van der Waals surface area (Å²) >= 11 is 0. The van der Waals surface area contributed by atoms with Crippen LogP contribution in [0.2, 0.25) is 0 Å². The van der Waals surface area contributed by atoms with Crippen molar-refractivity contribution >= 4 is 11.8 Å². The number of aliphatic hydroxyl groups is 1. The van der Waals surface area contributed by atoms with E-state index < -0.39 is 17.8 Å². The van der Waals surface area contributed by atoms with Gasteiger partial charge in [0.05, 0.1) is 6.10 Å². The number of ether oxygens (including phenoxy) is 1. The van der Waals surface area contributed by atoms with E-state index in [1.807, 2.05) is 0 Å². The number of rotatable bonds is 4. The number of para-hydroxylation sites is 1. The predicted octanol–water partition coefficient (Wildman–Crippen LogP) is 2.42. The van der Waals surface area contributed by atoms with Crippen molar-refractivity contribution in [3.8, 4) is 0 Å². The number of hydrogen-bond acceptors (Lipinski definition) is 4. The van der Waals surface area contributed by atoms with E-state index in [4.69, 9.17) is 10.5 Å². The number of benzene rings is 1. The zero-order chi connectivity index (χ0) is 14.5. The molecule has 0 radical (unpaired) electrons. The summed E-state index contributed by atoms with van der Waals surface area (Å²) in [6, 6.07) is 7.06. The van der Waals surface area contributed by atoms with Gasteiger partial charge in [-0.1, -0.05) is 18.2 Å². The molecule has 106 valence electrons. The highest BCUT2D eigenvalue weighted by atomic mass is 16.6. The Morgan fingerprint density at radius 1 is 1.42 bits per heavy atom. The van der Waals surface area contributed by atoms with Crippen LogP contribution in [0.25, 0.3) is 0 Å². The van der Waals surface area contributed by atoms with E-state index in [1.54, 1.807) is 45.0 Å². The first-order valence-electron chi connectivity index (χ1n) is 6.30. The lowest BCUT2D eigenvalue weighted by atomic mass is 10.0. The van der Waals surface area contributed by atoms with Gasteiger partial charge < -0.3 is 15.6 Å². The third-order valence-electron chi connectivity index (χ3n) is 2.40. The summed E-state index contributed by atoms with van der Waals surface area (Å²) in [7, 11) is 0. The van der Waals surface area contributed by atoms with E-state index in [0.29, 0.717) is 24.2 Å². The molecule has 0 aliphatic heterocycles. The molecule has 4 N–H and O–H groups in total. The first kappa shape index (κ1) is 15.5. The molecule has 0 unspecified atom stereocenters. The van der Waals surface area contributed by atoms with E-state index >= 15 is 0 Å². The highest BCUT2D eigenvalue weighted by molar-refractivity contribution is 5.86. The van der Waals surface area contributed by atoms with Crippen LogP contribution in [0.4, 0.5) is 10.5 Å². The molecule has 0 saturated heterocycles. The maximum absolute atomic E-state index is 11.7. The summed E-state index contributed by atoms with van der Waals surface area (Å²) in [6.07, 6.45) is -0.802. The second kappa shape index (κ2) is 6.54. The summed E-state index contributed by atoms with van der Waals surface area (Å²) in [6.45, 7) is 5.76. The smallest absolute Gasteiger partial charge is 0.412 e. The maximum atomic E-state index is 11.7. The summed E-state index contributed by atoms with van der Waals surface area (Å²) in [4.78, 5) is 11.7. The molecule has 0 heterocycles. The first-order chi connectivity index (χ1) is 8.83. The minimum absolute atomic E-state index is 0.377. The molecule has 1 aromatic rings. The summed E-state index contributed by atoms with van der Waals surface area (Å²) in [5, 5.41) is 12.6. The van der Waals surface area contributed by atoms with Crippen LogP contribution < -0.4 is 11.1 Å². The molecule has 1 atom stereocenters. The van der Waals surface area contributed by atoms with Crippen molar-refractivity contribution in [1.82, 2.24) is 0 Å². The van der Waals surface area contributed by atoms with E-state index in [9.17, 15) is 9.90 Å². The lowest BCUT2D eigenvalue weighted by Gasteiger charge is -2.21. The molecule has 5 nitrogen and oxygen atoms in total. The minimum atomic E-state index is -0.698. The minimum Gasteiger partial charge on any atom is -0.444 e. The molecular formula is C14H22N2O3. The molecule has 1 aromatic carbocycles. The van der Waals surface area contributed by atoms with Gasteiger partial charge in [-0.3, -0.25) is 5.32 Å². The van der Waals surface area contributed by atoms with Gasteiger partial charge in [-0.25, -0.2) is 4.79 Å². The average Bonchev–Trinajstić information content (AvgIpc) is 2.27. The molecule has 1 amide bonds. The number of amides is 1. The molecule has 0 aliphatic carbocycles.